The molecule has 2 aromatic heterocycles. The van der Waals surface area contributed by atoms with Crippen molar-refractivity contribution in [3.05, 3.63) is 47.3 Å². The summed E-state index contributed by atoms with van der Waals surface area (Å²) in [5.74, 6) is 0. The summed E-state index contributed by atoms with van der Waals surface area (Å²) in [6.45, 7) is 0. The fraction of sp³-hybridized carbons (Fsp3) is 0. The molecule has 0 fully saturated rings. The van der Waals surface area contributed by atoms with Gasteiger partial charge in [0, 0.05) is 27.3 Å². The summed E-state index contributed by atoms with van der Waals surface area (Å²) in [6.07, 6.45) is 5.54. The van der Waals surface area contributed by atoms with E-state index in [-0.39, 0.29) is 26.6 Å². The zero-order chi connectivity index (χ0) is 11.0. The van der Waals surface area contributed by atoms with E-state index >= 15 is 0 Å². The van der Waals surface area contributed by atoms with Crippen LogP contribution in [0.5, 0.6) is 0 Å². The van der Waals surface area contributed by atoms with Crippen LogP contribution in [0.1, 0.15) is 0 Å². The van der Waals surface area contributed by atoms with Gasteiger partial charge < -0.3 is 9.51 Å². The second kappa shape index (κ2) is 4.63. The van der Waals surface area contributed by atoms with E-state index in [0.29, 0.717) is 16.7 Å². The SMILES string of the molecule is O=c1[nH]cncc1-c1cccc2[c-]noc12.[W]. The smallest absolute Gasteiger partial charge is 0.257 e. The molecule has 0 aliphatic rings. The van der Waals surface area contributed by atoms with Crippen molar-refractivity contribution in [2.24, 2.45) is 0 Å². The Balaban J connectivity index is 0.00000108. The van der Waals surface area contributed by atoms with Gasteiger partial charge in [-0.2, -0.15) is 11.2 Å². The van der Waals surface area contributed by atoms with E-state index in [1.54, 1.807) is 6.07 Å². The molecule has 1 aromatic carbocycles. The van der Waals surface area contributed by atoms with E-state index in [1.165, 1.54) is 12.5 Å². The van der Waals surface area contributed by atoms with E-state index in [9.17, 15) is 4.79 Å². The van der Waals surface area contributed by atoms with Gasteiger partial charge in [0.15, 0.2) is 0 Å². The van der Waals surface area contributed by atoms with E-state index in [0.717, 1.165) is 5.39 Å². The zero-order valence-corrected chi connectivity index (χ0v) is 11.4. The summed E-state index contributed by atoms with van der Waals surface area (Å²) in [4.78, 5) is 18.0. The second-order valence-corrected chi connectivity index (χ2v) is 3.27. The van der Waals surface area contributed by atoms with Crippen LogP contribution in [0.25, 0.3) is 22.1 Å². The maximum Gasteiger partial charge on any atom is 0.257 e. The molecule has 0 saturated carbocycles. The van der Waals surface area contributed by atoms with Crippen molar-refractivity contribution in [2.45, 2.75) is 0 Å². The zero-order valence-electron chi connectivity index (χ0n) is 8.51. The molecule has 2 heterocycles. The van der Waals surface area contributed by atoms with Crippen LogP contribution < -0.4 is 5.56 Å². The van der Waals surface area contributed by atoms with Crippen LogP contribution in [0.2, 0.25) is 0 Å². The number of nitrogens with one attached hydrogen (secondary N) is 1. The number of nitrogens with zero attached hydrogens (tertiary/aromatic N) is 2. The van der Waals surface area contributed by atoms with E-state index in [1.807, 2.05) is 12.1 Å². The maximum absolute atomic E-state index is 11.6. The fourth-order valence-electron chi connectivity index (χ4n) is 1.59. The number of benzene rings is 1. The number of rotatable bonds is 1. The second-order valence-electron chi connectivity index (χ2n) is 3.27. The Hall–Kier alpha value is -1.74. The molecule has 3 rings (SSSR count). The van der Waals surface area contributed by atoms with Crippen LogP contribution in [0.15, 0.2) is 40.0 Å². The third kappa shape index (κ3) is 1.94. The maximum atomic E-state index is 11.6. The third-order valence-electron chi connectivity index (χ3n) is 2.33. The first kappa shape index (κ1) is 11.7. The Morgan fingerprint density at radius 3 is 3.00 bits per heavy atom. The van der Waals surface area contributed by atoms with Crippen LogP contribution in [-0.2, 0) is 21.1 Å². The summed E-state index contributed by atoms with van der Waals surface area (Å²) >= 11 is 0. The number of hydrogen-bond donors (Lipinski definition) is 1. The van der Waals surface area contributed by atoms with E-state index < -0.39 is 0 Å². The number of H-pyrrole nitrogens is 1. The van der Waals surface area contributed by atoms with Gasteiger partial charge in [0.25, 0.3) is 5.56 Å². The quantitative estimate of drug-likeness (QED) is 0.632. The summed E-state index contributed by atoms with van der Waals surface area (Å²) in [7, 11) is 0. The topological polar surface area (TPSA) is 71.8 Å². The molecule has 17 heavy (non-hydrogen) atoms. The predicted octanol–water partition coefficient (Wildman–Crippen LogP) is 1.38. The van der Waals surface area contributed by atoms with Crippen molar-refractivity contribution in [2.75, 3.05) is 0 Å². The predicted molar refractivity (Wildman–Crippen MR) is 56.7 cm³/mol. The molecular formula is C11H6N3O2W-. The standard InChI is InChI=1S/C11H6N3O2.W/c15-11-9(5-12-6-13-11)8-3-1-2-7-4-14-16-10(7)8;/h1-3,5-6H,(H,12,13,15);/q-1;. The summed E-state index contributed by atoms with van der Waals surface area (Å²) in [5.41, 5.74) is 1.46. The molecule has 0 radical (unpaired) electrons. The third-order valence-corrected chi connectivity index (χ3v) is 2.33. The molecule has 5 nitrogen and oxygen atoms in total. The van der Waals surface area contributed by atoms with Gasteiger partial charge >= 0.3 is 0 Å². The summed E-state index contributed by atoms with van der Waals surface area (Å²) < 4.78 is 5.07. The van der Waals surface area contributed by atoms with Gasteiger partial charge in [0.05, 0.1) is 17.5 Å². The van der Waals surface area contributed by atoms with Gasteiger partial charge in [-0.25, -0.2) is 4.98 Å². The molecule has 0 atom stereocenters. The average Bonchev–Trinajstić information content (AvgIpc) is 2.77. The van der Waals surface area contributed by atoms with Crippen LogP contribution in [-0.4, -0.2) is 15.1 Å². The molecule has 0 unspecified atom stereocenters. The summed E-state index contributed by atoms with van der Waals surface area (Å²) in [6, 6.07) is 5.42. The number of para-hydroxylation sites is 1. The first-order valence-corrected chi connectivity index (χ1v) is 4.65. The van der Waals surface area contributed by atoms with Crippen molar-refractivity contribution < 1.29 is 25.6 Å². The largest absolute Gasteiger partial charge is 0.430 e. The van der Waals surface area contributed by atoms with Crippen molar-refractivity contribution in [1.82, 2.24) is 15.1 Å². The molecule has 0 aliphatic carbocycles. The molecule has 0 saturated heterocycles. The number of fused-ring (bicyclic) bond motifs is 1. The van der Waals surface area contributed by atoms with Gasteiger partial charge in [-0.3, -0.25) is 4.79 Å². The Morgan fingerprint density at radius 2 is 2.18 bits per heavy atom. The molecule has 84 valence electrons. The molecular weight excluding hydrogens is 390 g/mol. The monoisotopic (exact) mass is 396 g/mol. The normalized spacial score (nSPS) is 10.1. The summed E-state index contributed by atoms with van der Waals surface area (Å²) in [5, 5.41) is 4.32. The fourth-order valence-corrected chi connectivity index (χ4v) is 1.59. The van der Waals surface area contributed by atoms with Crippen molar-refractivity contribution in [3.63, 3.8) is 0 Å². The van der Waals surface area contributed by atoms with Gasteiger partial charge in [-0.1, -0.05) is 6.07 Å². The molecule has 0 bridgehead atoms. The first-order valence-electron chi connectivity index (χ1n) is 4.65. The average molecular weight is 396 g/mol. The van der Waals surface area contributed by atoms with Gasteiger partial charge in [0.1, 0.15) is 0 Å². The molecule has 1 N–H and O–H groups in total. The van der Waals surface area contributed by atoms with Gasteiger partial charge in [-0.15, -0.1) is 11.5 Å². The molecule has 6 heteroatoms. The number of hydrogen-bond acceptors (Lipinski definition) is 4. The Morgan fingerprint density at radius 1 is 1.29 bits per heavy atom. The van der Waals surface area contributed by atoms with Gasteiger partial charge in [0.2, 0.25) is 0 Å². The van der Waals surface area contributed by atoms with Gasteiger partial charge in [-0.05, 0) is 11.8 Å². The van der Waals surface area contributed by atoms with Crippen molar-refractivity contribution >= 4 is 11.0 Å². The Labute approximate surface area is 110 Å². The molecule has 0 aliphatic heterocycles. The van der Waals surface area contributed by atoms with Crippen LogP contribution >= 0.6 is 0 Å². The molecule has 0 amide bonds. The van der Waals surface area contributed by atoms with E-state index in [4.69, 9.17) is 4.52 Å². The van der Waals surface area contributed by atoms with Crippen LogP contribution in [0.3, 0.4) is 0 Å². The first-order chi connectivity index (χ1) is 7.86. The number of aromatic amines is 1. The minimum absolute atomic E-state index is 0. The van der Waals surface area contributed by atoms with Crippen LogP contribution in [0.4, 0.5) is 0 Å². The Bertz CT molecular complexity index is 705. The van der Waals surface area contributed by atoms with Crippen LogP contribution in [0, 0.1) is 6.20 Å². The van der Waals surface area contributed by atoms with Crippen molar-refractivity contribution in [3.8, 4) is 11.1 Å². The minimum Gasteiger partial charge on any atom is -0.430 e. The van der Waals surface area contributed by atoms with E-state index in [2.05, 4.69) is 21.3 Å². The minimum atomic E-state index is -0.209. The Kier molecular flexibility index (Phi) is 3.20. The number of aromatic nitrogens is 3. The molecule has 3 aromatic rings. The molecule has 0 spiro atoms. The van der Waals surface area contributed by atoms with Crippen molar-refractivity contribution in [1.29, 1.82) is 0 Å².